The van der Waals surface area contributed by atoms with E-state index in [0.717, 1.165) is 24.9 Å². The molecular weight excluding hydrogens is 217 g/mol. The van der Waals surface area contributed by atoms with Crippen LogP contribution in [-0.4, -0.2) is 12.6 Å². The van der Waals surface area contributed by atoms with E-state index in [1.165, 1.54) is 12.5 Å². The fourth-order valence-electron chi connectivity index (χ4n) is 2.06. The Balaban J connectivity index is 2.20. The van der Waals surface area contributed by atoms with E-state index in [4.69, 9.17) is 4.74 Å². The summed E-state index contributed by atoms with van der Waals surface area (Å²) in [4.78, 5) is 0. The third kappa shape index (κ3) is 2.78. The Labute approximate surface area is 102 Å². The summed E-state index contributed by atoms with van der Waals surface area (Å²) in [7, 11) is 0. The topological polar surface area (TPSA) is 21.3 Å². The van der Waals surface area contributed by atoms with Gasteiger partial charge < -0.3 is 10.1 Å². The zero-order valence-electron chi connectivity index (χ0n) is 10.5. The maximum absolute atomic E-state index is 13.8. The largest absolute Gasteiger partial charge is 0.487 e. The van der Waals surface area contributed by atoms with E-state index in [-0.39, 0.29) is 18.0 Å². The van der Waals surface area contributed by atoms with Gasteiger partial charge in [0.1, 0.15) is 0 Å². The molecule has 1 aliphatic carbocycles. The van der Waals surface area contributed by atoms with E-state index in [1.807, 2.05) is 19.9 Å². The molecule has 1 aromatic carbocycles. The first-order valence-corrected chi connectivity index (χ1v) is 6.40. The standard InChI is InChI=1S/C14H20FNO/c1-3-16-10(2)12-8-5-9-13(15)14(12)17-11-6-4-7-11/h5,8-11,16H,3-4,6-7H2,1-2H3. The van der Waals surface area contributed by atoms with Gasteiger partial charge in [-0.05, 0) is 38.8 Å². The second-order valence-corrected chi connectivity index (χ2v) is 4.61. The van der Waals surface area contributed by atoms with Crippen molar-refractivity contribution in [3.05, 3.63) is 29.6 Å². The number of ether oxygens (including phenoxy) is 1. The van der Waals surface area contributed by atoms with Crippen molar-refractivity contribution in [2.45, 2.75) is 45.3 Å². The molecule has 2 nitrogen and oxygen atoms in total. The van der Waals surface area contributed by atoms with Gasteiger partial charge in [-0.25, -0.2) is 4.39 Å². The van der Waals surface area contributed by atoms with Crippen molar-refractivity contribution in [1.29, 1.82) is 0 Å². The van der Waals surface area contributed by atoms with E-state index in [0.29, 0.717) is 5.75 Å². The molecule has 1 unspecified atom stereocenters. The molecule has 0 spiro atoms. The van der Waals surface area contributed by atoms with Crippen molar-refractivity contribution in [3.63, 3.8) is 0 Å². The minimum atomic E-state index is -0.251. The Morgan fingerprint density at radius 1 is 1.47 bits per heavy atom. The average Bonchev–Trinajstić information content (AvgIpc) is 2.25. The smallest absolute Gasteiger partial charge is 0.165 e. The van der Waals surface area contributed by atoms with Crippen LogP contribution < -0.4 is 10.1 Å². The summed E-state index contributed by atoms with van der Waals surface area (Å²) < 4.78 is 19.6. The lowest BCUT2D eigenvalue weighted by atomic mass is 9.96. The lowest BCUT2D eigenvalue weighted by Crippen LogP contribution is -2.27. The molecule has 2 rings (SSSR count). The molecule has 0 radical (unpaired) electrons. The maximum atomic E-state index is 13.8. The quantitative estimate of drug-likeness (QED) is 0.847. The summed E-state index contributed by atoms with van der Waals surface area (Å²) in [6, 6.07) is 5.26. The van der Waals surface area contributed by atoms with E-state index in [9.17, 15) is 4.39 Å². The van der Waals surface area contributed by atoms with Crippen LogP contribution in [0.3, 0.4) is 0 Å². The van der Waals surface area contributed by atoms with Crippen molar-refractivity contribution < 1.29 is 9.13 Å². The van der Waals surface area contributed by atoms with Gasteiger partial charge in [0.2, 0.25) is 0 Å². The average molecular weight is 237 g/mol. The Kier molecular flexibility index (Phi) is 4.00. The van der Waals surface area contributed by atoms with Crippen LogP contribution in [0.15, 0.2) is 18.2 Å². The van der Waals surface area contributed by atoms with Crippen molar-refractivity contribution in [3.8, 4) is 5.75 Å². The van der Waals surface area contributed by atoms with Gasteiger partial charge in [-0.2, -0.15) is 0 Å². The Hall–Kier alpha value is -1.09. The molecule has 0 saturated heterocycles. The summed E-state index contributed by atoms with van der Waals surface area (Å²) in [5.74, 6) is 0.185. The fourth-order valence-corrected chi connectivity index (χ4v) is 2.06. The van der Waals surface area contributed by atoms with Gasteiger partial charge in [0.15, 0.2) is 11.6 Å². The first kappa shape index (κ1) is 12.4. The molecule has 1 saturated carbocycles. The molecule has 94 valence electrons. The van der Waals surface area contributed by atoms with Crippen LogP contribution >= 0.6 is 0 Å². The van der Waals surface area contributed by atoms with Crippen molar-refractivity contribution in [2.75, 3.05) is 6.54 Å². The number of nitrogens with one attached hydrogen (secondary N) is 1. The highest BCUT2D eigenvalue weighted by Crippen LogP contribution is 2.32. The maximum Gasteiger partial charge on any atom is 0.165 e. The van der Waals surface area contributed by atoms with E-state index in [1.54, 1.807) is 6.07 Å². The van der Waals surface area contributed by atoms with Crippen LogP contribution in [0.25, 0.3) is 0 Å². The van der Waals surface area contributed by atoms with Gasteiger partial charge in [-0.1, -0.05) is 19.1 Å². The van der Waals surface area contributed by atoms with Gasteiger partial charge in [-0.15, -0.1) is 0 Å². The SMILES string of the molecule is CCNC(C)c1cccc(F)c1OC1CCC1. The minimum absolute atomic E-state index is 0.116. The highest BCUT2D eigenvalue weighted by Gasteiger charge is 2.23. The summed E-state index contributed by atoms with van der Waals surface area (Å²) in [5, 5.41) is 3.29. The Morgan fingerprint density at radius 2 is 2.24 bits per heavy atom. The molecular formula is C14H20FNO. The molecule has 0 aliphatic heterocycles. The molecule has 3 heteroatoms. The van der Waals surface area contributed by atoms with Crippen LogP contribution in [-0.2, 0) is 0 Å². The van der Waals surface area contributed by atoms with E-state index in [2.05, 4.69) is 5.32 Å². The normalized spacial score (nSPS) is 17.6. The predicted molar refractivity (Wildman–Crippen MR) is 66.8 cm³/mol. The number of halogens is 1. The zero-order chi connectivity index (χ0) is 12.3. The zero-order valence-corrected chi connectivity index (χ0v) is 10.5. The summed E-state index contributed by atoms with van der Waals surface area (Å²) in [6.45, 7) is 4.94. The van der Waals surface area contributed by atoms with Crippen LogP contribution in [0, 0.1) is 5.82 Å². The number of hydrogen-bond acceptors (Lipinski definition) is 2. The van der Waals surface area contributed by atoms with Crippen molar-refractivity contribution >= 4 is 0 Å². The fraction of sp³-hybridized carbons (Fsp3) is 0.571. The Morgan fingerprint density at radius 3 is 2.82 bits per heavy atom. The molecule has 1 aliphatic rings. The molecule has 1 aromatic rings. The molecule has 0 aromatic heterocycles. The first-order chi connectivity index (χ1) is 8.22. The summed E-state index contributed by atoms with van der Waals surface area (Å²) >= 11 is 0. The van der Waals surface area contributed by atoms with Gasteiger partial charge in [0.25, 0.3) is 0 Å². The number of para-hydroxylation sites is 1. The molecule has 1 N–H and O–H groups in total. The van der Waals surface area contributed by atoms with Gasteiger partial charge in [0, 0.05) is 11.6 Å². The molecule has 1 fully saturated rings. The van der Waals surface area contributed by atoms with E-state index < -0.39 is 0 Å². The number of benzene rings is 1. The van der Waals surface area contributed by atoms with Gasteiger partial charge in [0.05, 0.1) is 6.10 Å². The highest BCUT2D eigenvalue weighted by atomic mass is 19.1. The molecule has 17 heavy (non-hydrogen) atoms. The van der Waals surface area contributed by atoms with Gasteiger partial charge in [-0.3, -0.25) is 0 Å². The van der Waals surface area contributed by atoms with E-state index >= 15 is 0 Å². The lowest BCUT2D eigenvalue weighted by Gasteiger charge is -2.28. The van der Waals surface area contributed by atoms with Crippen LogP contribution in [0.2, 0.25) is 0 Å². The molecule has 0 amide bonds. The highest BCUT2D eigenvalue weighted by molar-refractivity contribution is 5.37. The summed E-state index contributed by atoms with van der Waals surface area (Å²) in [6.07, 6.45) is 3.49. The lowest BCUT2D eigenvalue weighted by molar-refractivity contribution is 0.113. The molecule has 1 atom stereocenters. The monoisotopic (exact) mass is 237 g/mol. The summed E-state index contributed by atoms with van der Waals surface area (Å²) in [5.41, 5.74) is 0.916. The Bertz CT molecular complexity index is 376. The molecule has 0 heterocycles. The number of hydrogen-bond donors (Lipinski definition) is 1. The minimum Gasteiger partial charge on any atom is -0.487 e. The molecule has 0 bridgehead atoms. The second-order valence-electron chi connectivity index (χ2n) is 4.61. The second kappa shape index (κ2) is 5.50. The third-order valence-corrected chi connectivity index (χ3v) is 3.31. The number of rotatable bonds is 5. The predicted octanol–water partition coefficient (Wildman–Crippen LogP) is 3.43. The van der Waals surface area contributed by atoms with Gasteiger partial charge >= 0.3 is 0 Å². The van der Waals surface area contributed by atoms with Crippen molar-refractivity contribution in [2.24, 2.45) is 0 Å². The van der Waals surface area contributed by atoms with Crippen molar-refractivity contribution in [1.82, 2.24) is 5.32 Å². The van der Waals surface area contributed by atoms with Crippen LogP contribution in [0.4, 0.5) is 4.39 Å². The first-order valence-electron chi connectivity index (χ1n) is 6.40. The third-order valence-electron chi connectivity index (χ3n) is 3.31. The van der Waals surface area contributed by atoms with Crippen LogP contribution in [0.5, 0.6) is 5.75 Å². The van der Waals surface area contributed by atoms with Crippen LogP contribution in [0.1, 0.15) is 44.7 Å².